The highest BCUT2D eigenvalue weighted by Crippen LogP contribution is 2.22. The quantitative estimate of drug-likeness (QED) is 0.439. The fourth-order valence-electron chi connectivity index (χ4n) is 2.14. The smallest absolute Gasteiger partial charge is 0.268 e. The van der Waals surface area contributed by atoms with Crippen molar-refractivity contribution in [2.45, 2.75) is 6.54 Å². The lowest BCUT2D eigenvalue weighted by Gasteiger charge is -2.02. The fraction of sp³-hybridized carbons (Fsp3) is 0.0714. The van der Waals surface area contributed by atoms with Crippen molar-refractivity contribution in [3.63, 3.8) is 0 Å². The first kappa shape index (κ1) is 13.0. The Balaban J connectivity index is 1.89. The number of rotatable bonds is 3. The lowest BCUT2D eigenvalue weighted by atomic mass is 10.2. The van der Waals surface area contributed by atoms with Gasteiger partial charge in [0.2, 0.25) is 0 Å². The van der Waals surface area contributed by atoms with Crippen molar-refractivity contribution in [3.8, 4) is 0 Å². The predicted octanol–water partition coefficient (Wildman–Crippen LogP) is 2.65. The Morgan fingerprint density at radius 2 is 2.20 bits per heavy atom. The summed E-state index contributed by atoms with van der Waals surface area (Å²) < 4.78 is 8.49. The van der Waals surface area contributed by atoms with Gasteiger partial charge in [-0.15, -0.1) is 0 Å². The minimum atomic E-state index is -0.360. The highest BCUT2D eigenvalue weighted by Gasteiger charge is 2.10. The largest absolute Gasteiger partial charge is 0.467 e. The summed E-state index contributed by atoms with van der Waals surface area (Å²) in [6, 6.07) is 9.81. The van der Waals surface area contributed by atoms with Crippen LogP contribution in [-0.2, 0) is 6.54 Å². The fourth-order valence-corrected chi connectivity index (χ4v) is 2.52. The molecule has 3 rings (SSSR count). The standard InChI is InChI=1S/C14H12BrN3O2/c15-11-1-2-13-9(5-11)3-4-18(13)7-12-6-10(8-20-12)14(19)17-16/h1-6,8H,7,16H2,(H,17,19). The number of nitrogen functional groups attached to an aromatic ring is 1. The van der Waals surface area contributed by atoms with Crippen molar-refractivity contribution >= 4 is 32.7 Å². The van der Waals surface area contributed by atoms with Gasteiger partial charge >= 0.3 is 0 Å². The van der Waals surface area contributed by atoms with Gasteiger partial charge < -0.3 is 8.98 Å². The highest BCUT2D eigenvalue weighted by atomic mass is 79.9. The molecular formula is C14H12BrN3O2. The van der Waals surface area contributed by atoms with Crippen LogP contribution in [0.2, 0.25) is 0 Å². The van der Waals surface area contributed by atoms with Crippen LogP contribution in [0.4, 0.5) is 0 Å². The van der Waals surface area contributed by atoms with Crippen LogP contribution >= 0.6 is 15.9 Å². The molecule has 0 unspecified atom stereocenters. The van der Waals surface area contributed by atoms with E-state index in [-0.39, 0.29) is 5.91 Å². The maximum absolute atomic E-state index is 11.4. The third-order valence-electron chi connectivity index (χ3n) is 3.11. The van der Waals surface area contributed by atoms with E-state index >= 15 is 0 Å². The van der Waals surface area contributed by atoms with Crippen molar-refractivity contribution in [3.05, 3.63) is 58.6 Å². The number of nitrogens with two attached hydrogens (primary N) is 1. The summed E-state index contributed by atoms with van der Waals surface area (Å²) in [5.74, 6) is 5.43. The summed E-state index contributed by atoms with van der Waals surface area (Å²) in [5, 5.41) is 1.14. The zero-order chi connectivity index (χ0) is 14.1. The first-order valence-electron chi connectivity index (χ1n) is 6.00. The number of amides is 1. The molecule has 3 N–H and O–H groups in total. The van der Waals surface area contributed by atoms with Gasteiger partial charge in [-0.2, -0.15) is 0 Å². The normalized spacial score (nSPS) is 10.9. The van der Waals surface area contributed by atoms with Gasteiger partial charge in [-0.25, -0.2) is 5.84 Å². The Hall–Kier alpha value is -2.05. The van der Waals surface area contributed by atoms with Gasteiger partial charge in [0.1, 0.15) is 12.0 Å². The van der Waals surface area contributed by atoms with Gasteiger partial charge in [-0.1, -0.05) is 15.9 Å². The summed E-state index contributed by atoms with van der Waals surface area (Å²) in [5.41, 5.74) is 3.60. The van der Waals surface area contributed by atoms with Gasteiger partial charge in [0.05, 0.1) is 12.1 Å². The number of hydrogen-bond donors (Lipinski definition) is 2. The molecule has 102 valence electrons. The summed E-state index contributed by atoms with van der Waals surface area (Å²) in [6.45, 7) is 0.559. The molecule has 3 aromatic rings. The van der Waals surface area contributed by atoms with Gasteiger partial charge in [0, 0.05) is 21.6 Å². The van der Waals surface area contributed by atoms with Crippen molar-refractivity contribution < 1.29 is 9.21 Å². The Kier molecular flexibility index (Phi) is 3.33. The molecule has 6 heteroatoms. The first-order chi connectivity index (χ1) is 9.67. The Bertz CT molecular complexity index is 776. The molecule has 0 radical (unpaired) electrons. The number of carbonyl (C=O) groups is 1. The molecule has 0 aliphatic carbocycles. The van der Waals surface area contributed by atoms with E-state index in [1.54, 1.807) is 6.07 Å². The first-order valence-corrected chi connectivity index (χ1v) is 6.79. The molecule has 0 saturated heterocycles. The Morgan fingerprint density at radius 3 is 3.00 bits per heavy atom. The number of fused-ring (bicyclic) bond motifs is 1. The second kappa shape index (κ2) is 5.15. The summed E-state index contributed by atoms with van der Waals surface area (Å²) >= 11 is 3.45. The number of halogens is 1. The summed E-state index contributed by atoms with van der Waals surface area (Å²) in [6.07, 6.45) is 3.39. The number of carbonyl (C=O) groups excluding carboxylic acids is 1. The van der Waals surface area contributed by atoms with E-state index in [2.05, 4.69) is 32.0 Å². The van der Waals surface area contributed by atoms with Crippen LogP contribution in [0.3, 0.4) is 0 Å². The van der Waals surface area contributed by atoms with E-state index in [4.69, 9.17) is 10.3 Å². The number of furan rings is 1. The molecule has 0 spiro atoms. The molecule has 0 aliphatic heterocycles. The number of benzene rings is 1. The zero-order valence-corrected chi connectivity index (χ0v) is 12.1. The van der Waals surface area contributed by atoms with Crippen molar-refractivity contribution in [2.75, 3.05) is 0 Å². The maximum Gasteiger partial charge on any atom is 0.268 e. The van der Waals surface area contributed by atoms with E-state index < -0.39 is 0 Å². The molecule has 0 aliphatic rings. The van der Waals surface area contributed by atoms with Crippen molar-refractivity contribution in [1.29, 1.82) is 0 Å². The van der Waals surface area contributed by atoms with Crippen LogP contribution < -0.4 is 11.3 Å². The summed E-state index contributed by atoms with van der Waals surface area (Å²) in [7, 11) is 0. The zero-order valence-electron chi connectivity index (χ0n) is 10.5. The molecule has 0 fully saturated rings. The van der Waals surface area contributed by atoms with Crippen LogP contribution in [0, 0.1) is 0 Å². The molecular weight excluding hydrogens is 322 g/mol. The highest BCUT2D eigenvalue weighted by molar-refractivity contribution is 9.10. The van der Waals surface area contributed by atoms with Crippen molar-refractivity contribution in [1.82, 2.24) is 9.99 Å². The molecule has 5 nitrogen and oxygen atoms in total. The van der Waals surface area contributed by atoms with Gasteiger partial charge in [-0.05, 0) is 30.3 Å². The van der Waals surface area contributed by atoms with E-state index in [1.807, 2.05) is 24.4 Å². The molecule has 0 bridgehead atoms. The van der Waals surface area contributed by atoms with Gasteiger partial charge in [0.25, 0.3) is 5.91 Å². The van der Waals surface area contributed by atoms with Crippen LogP contribution in [0.15, 0.2) is 51.7 Å². The topological polar surface area (TPSA) is 73.2 Å². The van der Waals surface area contributed by atoms with Gasteiger partial charge in [0.15, 0.2) is 0 Å². The average molecular weight is 334 g/mol. The minimum absolute atomic E-state index is 0.360. The van der Waals surface area contributed by atoms with Gasteiger partial charge in [-0.3, -0.25) is 10.2 Å². The second-order valence-corrected chi connectivity index (χ2v) is 5.34. The number of hydrogen-bond acceptors (Lipinski definition) is 3. The lowest BCUT2D eigenvalue weighted by molar-refractivity contribution is 0.0953. The molecule has 1 amide bonds. The molecule has 0 atom stereocenters. The van der Waals surface area contributed by atoms with E-state index in [0.29, 0.717) is 17.9 Å². The second-order valence-electron chi connectivity index (χ2n) is 4.42. The monoisotopic (exact) mass is 333 g/mol. The predicted molar refractivity (Wildman–Crippen MR) is 79.1 cm³/mol. The van der Waals surface area contributed by atoms with E-state index in [0.717, 1.165) is 15.4 Å². The molecule has 20 heavy (non-hydrogen) atoms. The number of hydrazine groups is 1. The Morgan fingerprint density at radius 1 is 1.35 bits per heavy atom. The minimum Gasteiger partial charge on any atom is -0.467 e. The molecule has 0 saturated carbocycles. The molecule has 1 aromatic carbocycles. The van der Waals surface area contributed by atoms with Crippen molar-refractivity contribution in [2.24, 2.45) is 5.84 Å². The number of aromatic nitrogens is 1. The third-order valence-corrected chi connectivity index (χ3v) is 3.60. The lowest BCUT2D eigenvalue weighted by Crippen LogP contribution is -2.29. The van der Waals surface area contributed by atoms with Crippen LogP contribution in [0.1, 0.15) is 16.1 Å². The summed E-state index contributed by atoms with van der Waals surface area (Å²) in [4.78, 5) is 11.4. The van der Waals surface area contributed by atoms with Crippen LogP contribution in [0.25, 0.3) is 10.9 Å². The molecule has 2 heterocycles. The van der Waals surface area contributed by atoms with Crippen LogP contribution in [-0.4, -0.2) is 10.5 Å². The molecule has 2 aromatic heterocycles. The average Bonchev–Trinajstić information content (AvgIpc) is 3.06. The third kappa shape index (κ3) is 2.35. The van der Waals surface area contributed by atoms with E-state index in [1.165, 1.54) is 6.26 Å². The maximum atomic E-state index is 11.4. The Labute approximate surface area is 123 Å². The number of nitrogens with one attached hydrogen (secondary N) is 1. The SMILES string of the molecule is NNC(=O)c1coc(Cn2ccc3cc(Br)ccc32)c1. The van der Waals surface area contributed by atoms with Crippen LogP contribution in [0.5, 0.6) is 0 Å². The van der Waals surface area contributed by atoms with E-state index in [9.17, 15) is 4.79 Å². The number of nitrogens with zero attached hydrogens (tertiary/aromatic N) is 1.